The number of amides is 1. The van der Waals surface area contributed by atoms with Crippen LogP contribution in [0.15, 0.2) is 73.1 Å². The fraction of sp³-hybridized carbons (Fsp3) is 0.222. The van der Waals surface area contributed by atoms with Gasteiger partial charge in [-0.15, -0.1) is 0 Å². The number of nitrogen functional groups attached to an aromatic ring is 1. The SMILES string of the molecule is Nc1nccn2c(C3CCN(C(=O)OCc4ccccc4)CC3)nc(C#Cc3ccccc3)c12. The number of nitrogens with two attached hydrogens (primary N) is 1. The molecule has 2 aromatic carbocycles. The largest absolute Gasteiger partial charge is 0.445 e. The van der Waals surface area contributed by atoms with Crippen LogP contribution in [-0.4, -0.2) is 38.5 Å². The van der Waals surface area contributed by atoms with Crippen molar-refractivity contribution in [3.8, 4) is 11.8 Å². The average Bonchev–Trinajstić information content (AvgIpc) is 3.27. The number of likely N-dealkylation sites (tertiary alicyclic amines) is 1. The van der Waals surface area contributed by atoms with Gasteiger partial charge in [-0.1, -0.05) is 54.5 Å². The van der Waals surface area contributed by atoms with Crippen LogP contribution in [0.2, 0.25) is 0 Å². The molecule has 170 valence electrons. The van der Waals surface area contributed by atoms with Gasteiger partial charge >= 0.3 is 6.09 Å². The molecule has 0 spiro atoms. The Morgan fingerprint density at radius 2 is 1.74 bits per heavy atom. The minimum Gasteiger partial charge on any atom is -0.445 e. The predicted octanol–water partition coefficient (Wildman–Crippen LogP) is 4.23. The lowest BCUT2D eigenvalue weighted by Crippen LogP contribution is -2.38. The zero-order valence-corrected chi connectivity index (χ0v) is 18.7. The van der Waals surface area contributed by atoms with Crippen LogP contribution < -0.4 is 5.73 Å². The number of carbonyl (C=O) groups excluding carboxylic acids is 1. The van der Waals surface area contributed by atoms with Crippen LogP contribution in [0.5, 0.6) is 0 Å². The van der Waals surface area contributed by atoms with Gasteiger partial charge in [0.2, 0.25) is 0 Å². The number of anilines is 1. The molecule has 1 aliphatic heterocycles. The predicted molar refractivity (Wildman–Crippen MR) is 130 cm³/mol. The smallest absolute Gasteiger partial charge is 0.410 e. The zero-order valence-electron chi connectivity index (χ0n) is 18.7. The minimum absolute atomic E-state index is 0.180. The Kier molecular flexibility index (Phi) is 6.13. The van der Waals surface area contributed by atoms with E-state index < -0.39 is 0 Å². The Labute approximate surface area is 198 Å². The van der Waals surface area contributed by atoms with Crippen LogP contribution in [0.3, 0.4) is 0 Å². The molecule has 0 unspecified atom stereocenters. The van der Waals surface area contributed by atoms with Crippen molar-refractivity contribution in [3.05, 3.63) is 95.7 Å². The van der Waals surface area contributed by atoms with E-state index in [2.05, 4.69) is 16.8 Å². The van der Waals surface area contributed by atoms with E-state index in [9.17, 15) is 4.79 Å². The van der Waals surface area contributed by atoms with E-state index in [1.807, 2.05) is 71.3 Å². The maximum atomic E-state index is 12.5. The second-order valence-corrected chi connectivity index (χ2v) is 8.27. The fourth-order valence-electron chi connectivity index (χ4n) is 4.25. The number of hydrogen-bond donors (Lipinski definition) is 1. The summed E-state index contributed by atoms with van der Waals surface area (Å²) >= 11 is 0. The molecule has 3 heterocycles. The lowest BCUT2D eigenvalue weighted by atomic mass is 9.96. The molecule has 0 atom stereocenters. The molecule has 1 amide bonds. The van der Waals surface area contributed by atoms with E-state index >= 15 is 0 Å². The molecule has 4 aromatic rings. The molecule has 7 heteroatoms. The third-order valence-corrected chi connectivity index (χ3v) is 6.03. The lowest BCUT2D eigenvalue weighted by Gasteiger charge is -2.30. The van der Waals surface area contributed by atoms with Crippen LogP contribution in [0.25, 0.3) is 5.52 Å². The average molecular weight is 452 g/mol. The number of ether oxygens (including phenoxy) is 1. The second-order valence-electron chi connectivity index (χ2n) is 8.27. The number of benzene rings is 2. The molecule has 5 rings (SSSR count). The molecule has 1 fully saturated rings. The molecule has 0 aliphatic carbocycles. The minimum atomic E-state index is -0.279. The van der Waals surface area contributed by atoms with Crippen molar-refractivity contribution < 1.29 is 9.53 Å². The Morgan fingerprint density at radius 3 is 2.47 bits per heavy atom. The van der Waals surface area contributed by atoms with Crippen molar-refractivity contribution >= 4 is 17.4 Å². The quantitative estimate of drug-likeness (QED) is 0.471. The van der Waals surface area contributed by atoms with E-state index in [4.69, 9.17) is 15.5 Å². The molecule has 2 N–H and O–H groups in total. The number of imidazole rings is 1. The van der Waals surface area contributed by atoms with E-state index in [-0.39, 0.29) is 18.6 Å². The zero-order chi connectivity index (χ0) is 23.3. The summed E-state index contributed by atoms with van der Waals surface area (Å²) in [6, 6.07) is 19.5. The van der Waals surface area contributed by atoms with Crippen LogP contribution in [0.4, 0.5) is 10.6 Å². The van der Waals surface area contributed by atoms with Crippen molar-refractivity contribution in [1.29, 1.82) is 0 Å². The summed E-state index contributed by atoms with van der Waals surface area (Å²) in [5.74, 6) is 7.83. The Morgan fingerprint density at radius 1 is 1.03 bits per heavy atom. The summed E-state index contributed by atoms with van der Waals surface area (Å²) < 4.78 is 7.49. The van der Waals surface area contributed by atoms with E-state index in [1.54, 1.807) is 11.1 Å². The molecule has 0 bridgehead atoms. The normalized spacial score (nSPS) is 13.9. The van der Waals surface area contributed by atoms with Gasteiger partial charge < -0.3 is 15.4 Å². The number of nitrogens with zero attached hydrogens (tertiary/aromatic N) is 4. The Hall–Kier alpha value is -4.31. The van der Waals surface area contributed by atoms with Gasteiger partial charge in [0, 0.05) is 37.0 Å². The highest BCUT2D eigenvalue weighted by Gasteiger charge is 2.28. The van der Waals surface area contributed by atoms with Crippen LogP contribution >= 0.6 is 0 Å². The molecule has 0 radical (unpaired) electrons. The number of piperidine rings is 1. The van der Waals surface area contributed by atoms with Gasteiger partial charge in [-0.2, -0.15) is 0 Å². The summed E-state index contributed by atoms with van der Waals surface area (Å²) in [6.45, 7) is 1.50. The third-order valence-electron chi connectivity index (χ3n) is 6.03. The molecule has 1 saturated heterocycles. The van der Waals surface area contributed by atoms with Crippen LogP contribution in [-0.2, 0) is 11.3 Å². The second kappa shape index (κ2) is 9.67. The highest BCUT2D eigenvalue weighted by atomic mass is 16.6. The first-order valence-electron chi connectivity index (χ1n) is 11.3. The number of rotatable bonds is 3. The maximum absolute atomic E-state index is 12.5. The van der Waals surface area contributed by atoms with E-state index in [1.165, 1.54) is 0 Å². The summed E-state index contributed by atoms with van der Waals surface area (Å²) in [5.41, 5.74) is 9.44. The molecular formula is C27H25N5O2. The van der Waals surface area contributed by atoms with Crippen molar-refractivity contribution in [2.45, 2.75) is 25.4 Å². The fourth-order valence-corrected chi connectivity index (χ4v) is 4.25. The van der Waals surface area contributed by atoms with Crippen LogP contribution in [0.1, 0.15) is 41.4 Å². The number of hydrogen-bond acceptors (Lipinski definition) is 5. The van der Waals surface area contributed by atoms with Crippen molar-refractivity contribution in [1.82, 2.24) is 19.3 Å². The van der Waals surface area contributed by atoms with Crippen molar-refractivity contribution in [2.24, 2.45) is 0 Å². The Balaban J connectivity index is 1.31. The van der Waals surface area contributed by atoms with Gasteiger partial charge in [-0.25, -0.2) is 14.8 Å². The topological polar surface area (TPSA) is 85.8 Å². The summed E-state index contributed by atoms with van der Waals surface area (Å²) in [7, 11) is 0. The van der Waals surface area contributed by atoms with Gasteiger partial charge in [-0.05, 0) is 36.5 Å². The summed E-state index contributed by atoms with van der Waals surface area (Å²) in [6.07, 6.45) is 4.85. The third kappa shape index (κ3) is 4.57. The van der Waals surface area contributed by atoms with Crippen molar-refractivity contribution in [3.63, 3.8) is 0 Å². The Bertz CT molecular complexity index is 1350. The number of aromatic nitrogens is 3. The van der Waals surface area contributed by atoms with Gasteiger partial charge in [-0.3, -0.25) is 4.40 Å². The highest BCUT2D eigenvalue weighted by molar-refractivity contribution is 5.73. The first-order chi connectivity index (χ1) is 16.7. The first-order valence-corrected chi connectivity index (χ1v) is 11.3. The number of fused-ring (bicyclic) bond motifs is 1. The highest BCUT2D eigenvalue weighted by Crippen LogP contribution is 2.30. The van der Waals surface area contributed by atoms with Gasteiger partial charge in [0.1, 0.15) is 23.6 Å². The van der Waals surface area contributed by atoms with Crippen LogP contribution in [0, 0.1) is 11.8 Å². The van der Waals surface area contributed by atoms with E-state index in [0.717, 1.165) is 35.3 Å². The summed E-state index contributed by atoms with van der Waals surface area (Å²) in [5, 5.41) is 0. The monoisotopic (exact) mass is 451 g/mol. The number of carbonyl (C=O) groups is 1. The van der Waals surface area contributed by atoms with Gasteiger partial charge in [0.05, 0.1) is 0 Å². The first kappa shape index (κ1) is 21.5. The molecule has 0 saturated carbocycles. The van der Waals surface area contributed by atoms with Crippen molar-refractivity contribution in [2.75, 3.05) is 18.8 Å². The molecule has 7 nitrogen and oxygen atoms in total. The maximum Gasteiger partial charge on any atom is 0.410 e. The standard InChI is InChI=1S/C27H25N5O2/c28-25-24-23(12-11-20-7-3-1-4-8-20)30-26(32(24)18-15-29-25)22-13-16-31(17-14-22)27(33)34-19-21-9-5-2-6-10-21/h1-10,15,18,22H,13-14,16-17,19H2,(H2,28,29). The van der Waals surface area contributed by atoms with Gasteiger partial charge in [0.15, 0.2) is 5.82 Å². The molecular weight excluding hydrogens is 426 g/mol. The molecule has 2 aromatic heterocycles. The van der Waals surface area contributed by atoms with E-state index in [0.29, 0.717) is 24.6 Å². The molecule has 34 heavy (non-hydrogen) atoms. The lowest BCUT2D eigenvalue weighted by molar-refractivity contribution is 0.0866. The summed E-state index contributed by atoms with van der Waals surface area (Å²) in [4.78, 5) is 23.4. The molecule has 1 aliphatic rings. The van der Waals surface area contributed by atoms with Gasteiger partial charge in [0.25, 0.3) is 0 Å².